The average Bonchev–Trinajstić information content (AvgIpc) is 3.00. The largest absolute Gasteiger partial charge is 0.361 e. The predicted molar refractivity (Wildman–Crippen MR) is 72.6 cm³/mol. The molecule has 0 radical (unpaired) electrons. The summed E-state index contributed by atoms with van der Waals surface area (Å²) in [6.07, 6.45) is 4.45. The first kappa shape index (κ1) is 11.5. The maximum absolute atomic E-state index is 4.75. The Kier molecular flexibility index (Phi) is 2.96. The molecular formula is C14H20N4. The number of aromatic amines is 1. The molecule has 0 amide bonds. The zero-order chi connectivity index (χ0) is 12.5. The number of nitrogens with one attached hydrogen (secondary N) is 2. The SMILES string of the molecule is Cc1c(-c2ccc[nH]2)c(C2CCCNC2)nn1C. The van der Waals surface area contributed by atoms with Crippen LogP contribution in [0.15, 0.2) is 18.3 Å². The number of rotatable bonds is 2. The molecule has 1 atom stereocenters. The van der Waals surface area contributed by atoms with Gasteiger partial charge in [-0.2, -0.15) is 5.10 Å². The van der Waals surface area contributed by atoms with E-state index in [2.05, 4.69) is 23.3 Å². The maximum atomic E-state index is 4.75. The summed E-state index contributed by atoms with van der Waals surface area (Å²) in [6.45, 7) is 4.33. The molecule has 1 aliphatic heterocycles. The summed E-state index contributed by atoms with van der Waals surface area (Å²) in [7, 11) is 2.03. The lowest BCUT2D eigenvalue weighted by atomic mass is 9.92. The van der Waals surface area contributed by atoms with Crippen LogP contribution in [0.5, 0.6) is 0 Å². The molecule has 1 saturated heterocycles. The Morgan fingerprint density at radius 1 is 1.44 bits per heavy atom. The monoisotopic (exact) mass is 244 g/mol. The molecule has 0 spiro atoms. The number of nitrogens with zero attached hydrogens (tertiary/aromatic N) is 2. The van der Waals surface area contributed by atoms with Gasteiger partial charge in [0, 0.05) is 42.7 Å². The minimum absolute atomic E-state index is 0.539. The molecule has 1 unspecified atom stereocenters. The highest BCUT2D eigenvalue weighted by Gasteiger charge is 2.24. The number of H-pyrrole nitrogens is 1. The Morgan fingerprint density at radius 3 is 3.00 bits per heavy atom. The number of piperidine rings is 1. The first-order valence-corrected chi connectivity index (χ1v) is 6.65. The molecule has 1 fully saturated rings. The van der Waals surface area contributed by atoms with E-state index in [1.807, 2.05) is 24.0 Å². The molecule has 3 heterocycles. The second-order valence-electron chi connectivity index (χ2n) is 5.10. The van der Waals surface area contributed by atoms with Gasteiger partial charge in [0.1, 0.15) is 0 Å². The molecule has 0 aliphatic carbocycles. The summed E-state index contributed by atoms with van der Waals surface area (Å²) in [5.74, 6) is 0.539. The highest BCUT2D eigenvalue weighted by atomic mass is 15.3. The smallest absolute Gasteiger partial charge is 0.0764 e. The molecule has 0 saturated carbocycles. The van der Waals surface area contributed by atoms with E-state index in [0.29, 0.717) is 5.92 Å². The molecule has 2 N–H and O–H groups in total. The van der Waals surface area contributed by atoms with Gasteiger partial charge in [0.15, 0.2) is 0 Å². The number of hydrogen-bond acceptors (Lipinski definition) is 2. The van der Waals surface area contributed by atoms with Gasteiger partial charge in [-0.1, -0.05) is 0 Å². The summed E-state index contributed by atoms with van der Waals surface area (Å²) >= 11 is 0. The van der Waals surface area contributed by atoms with Gasteiger partial charge in [-0.25, -0.2) is 0 Å². The molecular weight excluding hydrogens is 224 g/mol. The van der Waals surface area contributed by atoms with Crippen molar-refractivity contribution in [2.75, 3.05) is 13.1 Å². The van der Waals surface area contributed by atoms with Crippen molar-refractivity contribution in [2.45, 2.75) is 25.7 Å². The summed E-state index contributed by atoms with van der Waals surface area (Å²) < 4.78 is 2.00. The van der Waals surface area contributed by atoms with Crippen molar-refractivity contribution in [1.82, 2.24) is 20.1 Å². The first-order chi connectivity index (χ1) is 8.77. The standard InChI is InChI=1S/C14H20N4/c1-10-13(12-6-4-8-16-12)14(17-18(10)2)11-5-3-7-15-9-11/h4,6,8,11,15-16H,3,5,7,9H2,1-2H3. The van der Waals surface area contributed by atoms with Crippen LogP contribution in [-0.4, -0.2) is 27.9 Å². The maximum Gasteiger partial charge on any atom is 0.0764 e. The van der Waals surface area contributed by atoms with E-state index in [9.17, 15) is 0 Å². The van der Waals surface area contributed by atoms with Crippen molar-refractivity contribution in [2.24, 2.45) is 7.05 Å². The molecule has 18 heavy (non-hydrogen) atoms. The molecule has 4 nitrogen and oxygen atoms in total. The third-order valence-electron chi connectivity index (χ3n) is 3.91. The first-order valence-electron chi connectivity index (χ1n) is 6.65. The van der Waals surface area contributed by atoms with Gasteiger partial charge >= 0.3 is 0 Å². The minimum Gasteiger partial charge on any atom is -0.361 e. The lowest BCUT2D eigenvalue weighted by molar-refractivity contribution is 0.452. The van der Waals surface area contributed by atoms with Crippen molar-refractivity contribution in [3.05, 3.63) is 29.7 Å². The van der Waals surface area contributed by atoms with E-state index in [-0.39, 0.29) is 0 Å². The molecule has 0 bridgehead atoms. The zero-order valence-electron chi connectivity index (χ0n) is 11.0. The summed E-state index contributed by atoms with van der Waals surface area (Å²) in [5.41, 5.74) is 4.94. The normalized spacial score (nSPS) is 20.2. The van der Waals surface area contributed by atoms with Crippen molar-refractivity contribution in [3.63, 3.8) is 0 Å². The lowest BCUT2D eigenvalue weighted by Crippen LogP contribution is -2.28. The van der Waals surface area contributed by atoms with Crippen LogP contribution in [-0.2, 0) is 7.05 Å². The highest BCUT2D eigenvalue weighted by Crippen LogP contribution is 2.33. The van der Waals surface area contributed by atoms with Crippen LogP contribution in [0.2, 0.25) is 0 Å². The van der Waals surface area contributed by atoms with Gasteiger partial charge in [0.05, 0.1) is 5.69 Å². The van der Waals surface area contributed by atoms with Crippen molar-refractivity contribution in [1.29, 1.82) is 0 Å². The molecule has 1 aliphatic rings. The van der Waals surface area contributed by atoms with E-state index in [1.165, 1.54) is 35.5 Å². The van der Waals surface area contributed by atoms with Gasteiger partial charge in [0.25, 0.3) is 0 Å². The Hall–Kier alpha value is -1.55. The van der Waals surface area contributed by atoms with E-state index in [0.717, 1.165) is 13.1 Å². The fourth-order valence-electron chi connectivity index (χ4n) is 2.82. The van der Waals surface area contributed by atoms with Gasteiger partial charge < -0.3 is 10.3 Å². The molecule has 96 valence electrons. The topological polar surface area (TPSA) is 45.6 Å². The van der Waals surface area contributed by atoms with E-state index >= 15 is 0 Å². The van der Waals surface area contributed by atoms with Crippen LogP contribution < -0.4 is 5.32 Å². The van der Waals surface area contributed by atoms with Gasteiger partial charge in [-0.3, -0.25) is 4.68 Å². The van der Waals surface area contributed by atoms with E-state index in [4.69, 9.17) is 5.10 Å². The Balaban J connectivity index is 2.06. The quantitative estimate of drug-likeness (QED) is 0.850. The third kappa shape index (κ3) is 1.86. The average molecular weight is 244 g/mol. The second-order valence-corrected chi connectivity index (χ2v) is 5.10. The second kappa shape index (κ2) is 4.61. The number of aryl methyl sites for hydroxylation is 1. The molecule has 2 aromatic rings. The molecule has 3 rings (SSSR count). The van der Waals surface area contributed by atoms with E-state index in [1.54, 1.807) is 0 Å². The van der Waals surface area contributed by atoms with Crippen LogP contribution in [0.3, 0.4) is 0 Å². The van der Waals surface area contributed by atoms with Crippen LogP contribution in [0.1, 0.15) is 30.1 Å². The van der Waals surface area contributed by atoms with E-state index < -0.39 is 0 Å². The summed E-state index contributed by atoms with van der Waals surface area (Å²) in [4.78, 5) is 3.31. The fraction of sp³-hybridized carbons (Fsp3) is 0.500. The van der Waals surface area contributed by atoms with Gasteiger partial charge in [-0.15, -0.1) is 0 Å². The van der Waals surface area contributed by atoms with Crippen LogP contribution >= 0.6 is 0 Å². The summed E-state index contributed by atoms with van der Waals surface area (Å²) in [6, 6.07) is 4.18. The Bertz CT molecular complexity index is 518. The van der Waals surface area contributed by atoms with Crippen LogP contribution in [0.25, 0.3) is 11.3 Å². The summed E-state index contributed by atoms with van der Waals surface area (Å²) in [5, 5.41) is 8.22. The predicted octanol–water partition coefficient (Wildman–Crippen LogP) is 2.19. The number of aromatic nitrogens is 3. The molecule has 0 aromatic carbocycles. The Morgan fingerprint density at radius 2 is 2.33 bits per heavy atom. The van der Waals surface area contributed by atoms with Crippen molar-refractivity contribution in [3.8, 4) is 11.3 Å². The van der Waals surface area contributed by atoms with Gasteiger partial charge in [-0.05, 0) is 38.4 Å². The van der Waals surface area contributed by atoms with Crippen LogP contribution in [0, 0.1) is 6.92 Å². The lowest BCUT2D eigenvalue weighted by Gasteiger charge is -2.22. The minimum atomic E-state index is 0.539. The molecule has 2 aromatic heterocycles. The van der Waals surface area contributed by atoms with Crippen molar-refractivity contribution < 1.29 is 0 Å². The highest BCUT2D eigenvalue weighted by molar-refractivity contribution is 5.66. The Labute approximate surface area is 107 Å². The van der Waals surface area contributed by atoms with Crippen LogP contribution in [0.4, 0.5) is 0 Å². The third-order valence-corrected chi connectivity index (χ3v) is 3.91. The molecule has 4 heteroatoms. The number of hydrogen-bond donors (Lipinski definition) is 2. The van der Waals surface area contributed by atoms with Gasteiger partial charge in [0.2, 0.25) is 0 Å². The van der Waals surface area contributed by atoms with Crippen molar-refractivity contribution >= 4 is 0 Å². The zero-order valence-corrected chi connectivity index (χ0v) is 11.0. The fourth-order valence-corrected chi connectivity index (χ4v) is 2.82.